The van der Waals surface area contributed by atoms with E-state index < -0.39 is 17.7 Å². The van der Waals surface area contributed by atoms with Gasteiger partial charge >= 0.3 is 6.09 Å². The first-order valence-electron chi connectivity index (χ1n) is 6.95. The number of benzene rings is 1. The van der Waals surface area contributed by atoms with Crippen LogP contribution in [0.25, 0.3) is 0 Å². The average Bonchev–Trinajstić information content (AvgIpc) is 2.44. The first-order valence-corrected chi connectivity index (χ1v) is 6.95. The number of nitrogens with one attached hydrogen (secondary N) is 1. The van der Waals surface area contributed by atoms with E-state index in [1.807, 2.05) is 0 Å². The number of ether oxygens (including phenoxy) is 3. The highest BCUT2D eigenvalue weighted by Crippen LogP contribution is 2.31. The van der Waals surface area contributed by atoms with Crippen molar-refractivity contribution in [2.45, 2.75) is 38.8 Å². The Bertz CT molecular complexity index is 522. The second-order valence-electron chi connectivity index (χ2n) is 5.71. The molecule has 1 atom stereocenters. The molecule has 0 bridgehead atoms. The molecule has 0 aliphatic carbocycles. The van der Waals surface area contributed by atoms with Crippen LogP contribution in [-0.4, -0.2) is 32.2 Å². The summed E-state index contributed by atoms with van der Waals surface area (Å²) < 4.78 is 15.7. The predicted octanol–water partition coefficient (Wildman–Crippen LogP) is 2.86. The molecule has 0 heterocycles. The molecule has 0 spiro atoms. The number of aldehydes is 1. The van der Waals surface area contributed by atoms with Gasteiger partial charge in [-0.25, -0.2) is 4.79 Å². The normalized spacial score (nSPS) is 12.2. The monoisotopic (exact) mass is 309 g/mol. The van der Waals surface area contributed by atoms with Gasteiger partial charge in [-0.15, -0.1) is 0 Å². The number of alkyl carbamates (subject to hydrolysis) is 1. The van der Waals surface area contributed by atoms with Gasteiger partial charge in [-0.1, -0.05) is 0 Å². The zero-order valence-corrected chi connectivity index (χ0v) is 13.6. The van der Waals surface area contributed by atoms with Crippen molar-refractivity contribution in [3.05, 3.63) is 23.8 Å². The van der Waals surface area contributed by atoms with Crippen LogP contribution in [0, 0.1) is 0 Å². The molecule has 1 aromatic rings. The molecular formula is C16H23NO5. The fourth-order valence-corrected chi connectivity index (χ4v) is 1.92. The maximum absolute atomic E-state index is 11.9. The van der Waals surface area contributed by atoms with Gasteiger partial charge in [0, 0.05) is 18.1 Å². The lowest BCUT2D eigenvalue weighted by molar-refractivity contribution is -0.108. The van der Waals surface area contributed by atoms with Gasteiger partial charge in [0.15, 0.2) is 0 Å². The summed E-state index contributed by atoms with van der Waals surface area (Å²) in [6.07, 6.45) is 0.269. The third kappa shape index (κ3) is 5.27. The largest absolute Gasteiger partial charge is 0.497 e. The highest BCUT2D eigenvalue weighted by Gasteiger charge is 2.22. The standard InChI is InChI=1S/C16H23NO5/c1-16(2,3)22-15(19)17-13(8-9-18)12-7-6-11(20-4)10-14(12)21-5/h6-7,9-10,13H,8H2,1-5H3,(H,17,19)/t13-/m0/s1. The molecule has 6 nitrogen and oxygen atoms in total. The Hall–Kier alpha value is -2.24. The molecule has 1 amide bonds. The molecule has 0 fully saturated rings. The molecule has 0 radical (unpaired) electrons. The van der Waals surface area contributed by atoms with Crippen LogP contribution >= 0.6 is 0 Å². The first-order chi connectivity index (χ1) is 10.3. The molecule has 0 unspecified atom stereocenters. The summed E-state index contributed by atoms with van der Waals surface area (Å²) in [5, 5.41) is 2.69. The number of amides is 1. The summed E-state index contributed by atoms with van der Waals surface area (Å²) in [5.41, 5.74) is 0.0704. The van der Waals surface area contributed by atoms with E-state index in [1.54, 1.807) is 46.1 Å². The molecule has 122 valence electrons. The van der Waals surface area contributed by atoms with E-state index in [2.05, 4.69) is 5.32 Å². The molecule has 1 rings (SSSR count). The van der Waals surface area contributed by atoms with Gasteiger partial charge in [0.2, 0.25) is 0 Å². The van der Waals surface area contributed by atoms with Crippen molar-refractivity contribution >= 4 is 12.4 Å². The molecular weight excluding hydrogens is 286 g/mol. The minimum Gasteiger partial charge on any atom is -0.497 e. The summed E-state index contributed by atoms with van der Waals surface area (Å²) in [5.74, 6) is 1.16. The van der Waals surface area contributed by atoms with Gasteiger partial charge in [-0.3, -0.25) is 0 Å². The Morgan fingerprint density at radius 2 is 1.95 bits per heavy atom. The molecule has 6 heteroatoms. The minimum atomic E-state index is -0.611. The lowest BCUT2D eigenvalue weighted by atomic mass is 10.0. The van der Waals surface area contributed by atoms with Crippen LogP contribution in [0.1, 0.15) is 38.8 Å². The lowest BCUT2D eigenvalue weighted by Crippen LogP contribution is -2.35. The summed E-state index contributed by atoms with van der Waals surface area (Å²) in [6.45, 7) is 5.32. The van der Waals surface area contributed by atoms with Crippen LogP contribution in [0.4, 0.5) is 4.79 Å². The maximum atomic E-state index is 11.9. The van der Waals surface area contributed by atoms with Crippen molar-refractivity contribution in [1.29, 1.82) is 0 Å². The average molecular weight is 309 g/mol. The van der Waals surface area contributed by atoms with Crippen molar-refractivity contribution in [3.8, 4) is 11.5 Å². The quantitative estimate of drug-likeness (QED) is 0.818. The van der Waals surface area contributed by atoms with Gasteiger partial charge in [0.05, 0.1) is 20.3 Å². The summed E-state index contributed by atoms with van der Waals surface area (Å²) in [7, 11) is 3.07. The number of methoxy groups -OCH3 is 2. The fourth-order valence-electron chi connectivity index (χ4n) is 1.92. The zero-order valence-electron chi connectivity index (χ0n) is 13.6. The van der Waals surface area contributed by atoms with Crippen molar-refractivity contribution in [2.75, 3.05) is 14.2 Å². The molecule has 1 aromatic carbocycles. The Kier molecular flexibility index (Phi) is 6.22. The Morgan fingerprint density at radius 1 is 1.27 bits per heavy atom. The number of carbonyl (C=O) groups is 2. The molecule has 1 N–H and O–H groups in total. The van der Waals surface area contributed by atoms with E-state index in [0.29, 0.717) is 17.1 Å². The highest BCUT2D eigenvalue weighted by molar-refractivity contribution is 5.69. The topological polar surface area (TPSA) is 73.9 Å². The number of hydrogen-bond acceptors (Lipinski definition) is 5. The van der Waals surface area contributed by atoms with Gasteiger partial charge in [-0.05, 0) is 32.9 Å². The van der Waals surface area contributed by atoms with Crippen LogP contribution in [0.2, 0.25) is 0 Å². The number of carbonyl (C=O) groups excluding carboxylic acids is 2. The summed E-state index contributed by atoms with van der Waals surface area (Å²) in [6, 6.07) is 4.66. The van der Waals surface area contributed by atoms with Crippen LogP contribution in [0.15, 0.2) is 18.2 Å². The van der Waals surface area contributed by atoms with E-state index in [0.717, 1.165) is 6.29 Å². The SMILES string of the molecule is COc1ccc([C@H](CC=O)NC(=O)OC(C)(C)C)c(OC)c1. The van der Waals surface area contributed by atoms with E-state index >= 15 is 0 Å². The number of rotatable bonds is 6. The van der Waals surface area contributed by atoms with Crippen LogP contribution in [0.5, 0.6) is 11.5 Å². The third-order valence-corrected chi connectivity index (χ3v) is 2.84. The Balaban J connectivity index is 3.00. The third-order valence-electron chi connectivity index (χ3n) is 2.84. The van der Waals surface area contributed by atoms with Gasteiger partial charge in [0.1, 0.15) is 23.4 Å². The number of hydrogen-bond donors (Lipinski definition) is 1. The lowest BCUT2D eigenvalue weighted by Gasteiger charge is -2.24. The van der Waals surface area contributed by atoms with Crippen molar-refractivity contribution in [3.63, 3.8) is 0 Å². The smallest absolute Gasteiger partial charge is 0.408 e. The van der Waals surface area contributed by atoms with Gasteiger partial charge in [-0.2, -0.15) is 0 Å². The van der Waals surface area contributed by atoms with Crippen LogP contribution < -0.4 is 14.8 Å². The van der Waals surface area contributed by atoms with Crippen LogP contribution in [0.3, 0.4) is 0 Å². The molecule has 0 saturated heterocycles. The van der Waals surface area contributed by atoms with Crippen molar-refractivity contribution in [1.82, 2.24) is 5.32 Å². The molecule has 0 aromatic heterocycles. The van der Waals surface area contributed by atoms with E-state index in [1.165, 1.54) is 7.11 Å². The van der Waals surface area contributed by atoms with E-state index in [9.17, 15) is 9.59 Å². The Labute approximate surface area is 130 Å². The van der Waals surface area contributed by atoms with Crippen LogP contribution in [-0.2, 0) is 9.53 Å². The molecule has 22 heavy (non-hydrogen) atoms. The fraction of sp³-hybridized carbons (Fsp3) is 0.500. The van der Waals surface area contributed by atoms with Crippen molar-refractivity contribution < 1.29 is 23.8 Å². The second kappa shape index (κ2) is 7.68. The highest BCUT2D eigenvalue weighted by atomic mass is 16.6. The summed E-state index contributed by atoms with van der Waals surface area (Å²) >= 11 is 0. The molecule has 0 aliphatic heterocycles. The molecule has 0 aliphatic rings. The minimum absolute atomic E-state index is 0.113. The zero-order chi connectivity index (χ0) is 16.8. The predicted molar refractivity (Wildman–Crippen MR) is 82.3 cm³/mol. The van der Waals surface area contributed by atoms with Crippen molar-refractivity contribution in [2.24, 2.45) is 0 Å². The first kappa shape index (κ1) is 17.8. The molecule has 0 saturated carbocycles. The van der Waals surface area contributed by atoms with E-state index in [4.69, 9.17) is 14.2 Å². The second-order valence-corrected chi connectivity index (χ2v) is 5.71. The van der Waals surface area contributed by atoms with E-state index in [-0.39, 0.29) is 6.42 Å². The Morgan fingerprint density at radius 3 is 2.45 bits per heavy atom. The maximum Gasteiger partial charge on any atom is 0.408 e. The van der Waals surface area contributed by atoms with Gasteiger partial charge < -0.3 is 24.3 Å². The summed E-state index contributed by atoms with van der Waals surface area (Å²) in [4.78, 5) is 22.8. The van der Waals surface area contributed by atoms with Gasteiger partial charge in [0.25, 0.3) is 0 Å².